The Morgan fingerprint density at radius 1 is 1.15 bits per heavy atom. The number of carbonyl (C=O) groups excluding carboxylic acids is 2. The van der Waals surface area contributed by atoms with Gasteiger partial charge in [0, 0.05) is 14.1 Å². The standard InChI is InChI=1S/C17H20BrN3O4S2/c1-11(12-4-6-13(7-5-12)27(24,25)21(2)3)20-16(22)10-19-17(23)14-8-9-15(18)26-14/h4-9,11H,10H2,1-3H3,(H,19,23)(H,20,22). The summed E-state index contributed by atoms with van der Waals surface area (Å²) in [5, 5.41) is 5.33. The monoisotopic (exact) mass is 473 g/mol. The van der Waals surface area contributed by atoms with Gasteiger partial charge in [0.25, 0.3) is 5.91 Å². The molecule has 0 bridgehead atoms. The van der Waals surface area contributed by atoms with Gasteiger partial charge in [0.05, 0.1) is 26.1 Å². The summed E-state index contributed by atoms with van der Waals surface area (Å²) >= 11 is 4.57. The number of sulfonamides is 1. The third kappa shape index (κ3) is 5.61. The highest BCUT2D eigenvalue weighted by molar-refractivity contribution is 9.11. The van der Waals surface area contributed by atoms with Crippen LogP contribution in [0.3, 0.4) is 0 Å². The quantitative estimate of drug-likeness (QED) is 0.644. The van der Waals surface area contributed by atoms with Crippen LogP contribution in [0.1, 0.15) is 28.2 Å². The molecule has 1 atom stereocenters. The lowest BCUT2D eigenvalue weighted by atomic mass is 10.1. The van der Waals surface area contributed by atoms with Gasteiger partial charge in [0.15, 0.2) is 0 Å². The van der Waals surface area contributed by atoms with E-state index in [0.29, 0.717) is 4.88 Å². The number of hydrogen-bond donors (Lipinski definition) is 2. The van der Waals surface area contributed by atoms with Crippen LogP contribution < -0.4 is 10.6 Å². The van der Waals surface area contributed by atoms with Crippen LogP contribution in [0.4, 0.5) is 0 Å². The van der Waals surface area contributed by atoms with Crippen molar-refractivity contribution in [2.45, 2.75) is 17.9 Å². The molecule has 1 unspecified atom stereocenters. The largest absolute Gasteiger partial charge is 0.348 e. The van der Waals surface area contributed by atoms with E-state index in [1.54, 1.807) is 31.2 Å². The van der Waals surface area contributed by atoms with E-state index in [2.05, 4.69) is 26.6 Å². The molecule has 0 aliphatic rings. The van der Waals surface area contributed by atoms with Gasteiger partial charge < -0.3 is 10.6 Å². The third-order valence-corrected chi connectivity index (χ3v) is 7.19. The number of benzene rings is 1. The first-order valence-corrected chi connectivity index (χ1v) is 11.0. The molecular formula is C17H20BrN3O4S2. The zero-order chi connectivity index (χ0) is 20.2. The smallest absolute Gasteiger partial charge is 0.261 e. The van der Waals surface area contributed by atoms with Gasteiger partial charge in [-0.3, -0.25) is 9.59 Å². The lowest BCUT2D eigenvalue weighted by Gasteiger charge is -2.16. The first-order chi connectivity index (χ1) is 12.6. The molecule has 0 fully saturated rings. The summed E-state index contributed by atoms with van der Waals surface area (Å²) in [6.07, 6.45) is 0. The minimum atomic E-state index is -3.49. The van der Waals surface area contributed by atoms with E-state index in [1.165, 1.54) is 37.6 Å². The molecule has 2 rings (SSSR count). The van der Waals surface area contributed by atoms with Crippen molar-refractivity contribution < 1.29 is 18.0 Å². The van der Waals surface area contributed by atoms with Crippen LogP contribution in [0.25, 0.3) is 0 Å². The number of amides is 2. The van der Waals surface area contributed by atoms with Crippen LogP contribution in [-0.4, -0.2) is 45.2 Å². The maximum atomic E-state index is 12.1. The van der Waals surface area contributed by atoms with Crippen molar-refractivity contribution >= 4 is 49.1 Å². The molecule has 146 valence electrons. The first kappa shape index (κ1) is 21.5. The Morgan fingerprint density at radius 3 is 2.30 bits per heavy atom. The summed E-state index contributed by atoms with van der Waals surface area (Å²) in [6.45, 7) is 1.64. The minimum absolute atomic E-state index is 0.147. The molecule has 0 radical (unpaired) electrons. The summed E-state index contributed by atoms with van der Waals surface area (Å²) in [6, 6.07) is 9.43. The Labute approximate surface area is 170 Å². The SMILES string of the molecule is CC(NC(=O)CNC(=O)c1ccc(Br)s1)c1ccc(S(=O)(=O)N(C)C)cc1. The molecule has 0 aliphatic carbocycles. The van der Waals surface area contributed by atoms with Crippen LogP contribution in [-0.2, 0) is 14.8 Å². The molecule has 0 saturated carbocycles. The molecule has 2 N–H and O–H groups in total. The average Bonchev–Trinajstić information content (AvgIpc) is 3.06. The van der Waals surface area contributed by atoms with Gasteiger partial charge in [-0.25, -0.2) is 12.7 Å². The number of hydrogen-bond acceptors (Lipinski definition) is 5. The predicted octanol–water partition coefficient (Wildman–Crippen LogP) is 2.37. The fraction of sp³-hybridized carbons (Fsp3) is 0.294. The van der Waals surface area contributed by atoms with Gasteiger partial charge in [-0.1, -0.05) is 12.1 Å². The highest BCUT2D eigenvalue weighted by Crippen LogP contribution is 2.22. The molecule has 2 amide bonds. The van der Waals surface area contributed by atoms with Crippen LogP contribution in [0, 0.1) is 0 Å². The number of nitrogens with one attached hydrogen (secondary N) is 2. The van der Waals surface area contributed by atoms with Crippen molar-refractivity contribution in [2.24, 2.45) is 0 Å². The Balaban J connectivity index is 1.91. The van der Waals surface area contributed by atoms with E-state index >= 15 is 0 Å². The molecule has 1 aromatic heterocycles. The maximum absolute atomic E-state index is 12.1. The lowest BCUT2D eigenvalue weighted by molar-refractivity contribution is -0.120. The zero-order valence-electron chi connectivity index (χ0n) is 15.0. The lowest BCUT2D eigenvalue weighted by Crippen LogP contribution is -2.37. The normalized spacial score (nSPS) is 12.6. The number of thiophene rings is 1. The van der Waals surface area contributed by atoms with E-state index in [0.717, 1.165) is 13.7 Å². The van der Waals surface area contributed by atoms with Crippen LogP contribution in [0.15, 0.2) is 45.1 Å². The van der Waals surface area contributed by atoms with Gasteiger partial charge in [-0.2, -0.15) is 0 Å². The van der Waals surface area contributed by atoms with E-state index < -0.39 is 10.0 Å². The summed E-state index contributed by atoms with van der Waals surface area (Å²) in [5.41, 5.74) is 0.759. The number of rotatable bonds is 7. The van der Waals surface area contributed by atoms with Crippen molar-refractivity contribution in [3.63, 3.8) is 0 Å². The third-order valence-electron chi connectivity index (χ3n) is 3.74. The van der Waals surface area contributed by atoms with Crippen molar-refractivity contribution in [1.82, 2.24) is 14.9 Å². The zero-order valence-corrected chi connectivity index (χ0v) is 18.2. The average molecular weight is 474 g/mol. The number of nitrogens with zero attached hydrogens (tertiary/aromatic N) is 1. The molecule has 1 aromatic carbocycles. The molecule has 27 heavy (non-hydrogen) atoms. The van der Waals surface area contributed by atoms with Crippen molar-refractivity contribution in [2.75, 3.05) is 20.6 Å². The maximum Gasteiger partial charge on any atom is 0.261 e. The number of carbonyl (C=O) groups is 2. The second-order valence-corrected chi connectivity index (χ2v) is 10.5. The minimum Gasteiger partial charge on any atom is -0.348 e. The summed E-state index contributed by atoms with van der Waals surface area (Å²) < 4.78 is 26.1. The van der Waals surface area contributed by atoms with Crippen LogP contribution in [0.5, 0.6) is 0 Å². The van der Waals surface area contributed by atoms with Crippen molar-refractivity contribution in [3.8, 4) is 0 Å². The molecular weight excluding hydrogens is 454 g/mol. The van der Waals surface area contributed by atoms with Crippen molar-refractivity contribution in [1.29, 1.82) is 0 Å². The molecule has 0 aliphatic heterocycles. The highest BCUT2D eigenvalue weighted by Gasteiger charge is 2.18. The second-order valence-electron chi connectivity index (χ2n) is 5.93. The second kappa shape index (κ2) is 8.96. The highest BCUT2D eigenvalue weighted by atomic mass is 79.9. The fourth-order valence-electron chi connectivity index (χ4n) is 2.20. The Morgan fingerprint density at radius 2 is 1.78 bits per heavy atom. The fourth-order valence-corrected chi connectivity index (χ4v) is 4.40. The molecule has 2 aromatic rings. The van der Waals surface area contributed by atoms with Gasteiger partial charge in [0.2, 0.25) is 15.9 Å². The number of halogens is 1. The van der Waals surface area contributed by atoms with E-state index in [9.17, 15) is 18.0 Å². The van der Waals surface area contributed by atoms with Gasteiger partial charge >= 0.3 is 0 Å². The predicted molar refractivity (Wildman–Crippen MR) is 108 cm³/mol. The molecule has 0 spiro atoms. The van der Waals surface area contributed by atoms with E-state index in [1.807, 2.05) is 0 Å². The van der Waals surface area contributed by atoms with E-state index in [4.69, 9.17) is 0 Å². The summed E-state index contributed by atoms with van der Waals surface area (Å²) in [4.78, 5) is 24.7. The van der Waals surface area contributed by atoms with Gasteiger partial charge in [0.1, 0.15) is 0 Å². The van der Waals surface area contributed by atoms with Crippen LogP contribution in [0.2, 0.25) is 0 Å². The first-order valence-electron chi connectivity index (χ1n) is 7.96. The Kier molecular flexibility index (Phi) is 7.15. The van der Waals surface area contributed by atoms with Gasteiger partial charge in [-0.15, -0.1) is 11.3 Å². The van der Waals surface area contributed by atoms with E-state index in [-0.39, 0.29) is 29.3 Å². The van der Waals surface area contributed by atoms with Crippen LogP contribution >= 0.6 is 27.3 Å². The Bertz CT molecular complexity index is 924. The molecule has 0 saturated heterocycles. The summed E-state index contributed by atoms with van der Waals surface area (Å²) in [5.74, 6) is -0.650. The molecule has 7 nitrogen and oxygen atoms in total. The molecule has 10 heteroatoms. The van der Waals surface area contributed by atoms with Gasteiger partial charge in [-0.05, 0) is 52.7 Å². The topological polar surface area (TPSA) is 95.6 Å². The molecule has 1 heterocycles. The Hall–Kier alpha value is -1.75. The van der Waals surface area contributed by atoms with Crippen molar-refractivity contribution in [3.05, 3.63) is 50.6 Å². The summed E-state index contributed by atoms with van der Waals surface area (Å²) in [7, 11) is -0.554.